The Morgan fingerprint density at radius 2 is 2.31 bits per heavy atom. The zero-order chi connectivity index (χ0) is 12.0. The molecule has 0 aromatic carbocycles. The van der Waals surface area contributed by atoms with Crippen LogP contribution in [0.15, 0.2) is 6.33 Å². The Bertz CT molecular complexity index is 337. The Kier molecular flexibility index (Phi) is 4.91. The number of aromatic nitrogens is 3. The molecule has 0 radical (unpaired) electrons. The molecule has 0 spiro atoms. The van der Waals surface area contributed by atoms with Crippen molar-refractivity contribution in [1.29, 1.82) is 0 Å². The Labute approximate surface area is 94.9 Å². The van der Waals surface area contributed by atoms with Crippen LogP contribution in [-0.2, 0) is 17.9 Å². The average Bonchev–Trinajstić information content (AvgIpc) is 2.65. The van der Waals surface area contributed by atoms with Crippen molar-refractivity contribution >= 4 is 5.97 Å². The van der Waals surface area contributed by atoms with Crippen molar-refractivity contribution in [2.24, 2.45) is 0 Å². The summed E-state index contributed by atoms with van der Waals surface area (Å²) in [6.07, 6.45) is 2.50. The lowest BCUT2D eigenvalue weighted by atomic mass is 10.4. The number of hydrogen-bond acceptors (Lipinski definition) is 4. The summed E-state index contributed by atoms with van der Waals surface area (Å²) >= 11 is 0. The van der Waals surface area contributed by atoms with E-state index in [-0.39, 0.29) is 6.54 Å². The number of nitrogens with zero attached hydrogens (tertiary/aromatic N) is 4. The molecule has 1 aromatic heterocycles. The number of carboxylic acid groups (broad SMARTS) is 1. The molecule has 1 rings (SSSR count). The van der Waals surface area contributed by atoms with Crippen LogP contribution in [0.4, 0.5) is 0 Å². The smallest absolute Gasteiger partial charge is 0.317 e. The highest BCUT2D eigenvalue weighted by molar-refractivity contribution is 5.69. The van der Waals surface area contributed by atoms with E-state index in [1.165, 1.54) is 6.33 Å². The first-order valence-electron chi connectivity index (χ1n) is 5.48. The maximum Gasteiger partial charge on any atom is 0.317 e. The van der Waals surface area contributed by atoms with Gasteiger partial charge in [-0.1, -0.05) is 13.8 Å². The van der Waals surface area contributed by atoms with E-state index in [0.717, 1.165) is 18.8 Å². The predicted octanol–water partition coefficient (Wildman–Crippen LogP) is 0.595. The highest BCUT2D eigenvalue weighted by Crippen LogP contribution is 2.01. The zero-order valence-electron chi connectivity index (χ0n) is 9.76. The lowest BCUT2D eigenvalue weighted by Gasteiger charge is -2.17. The summed E-state index contributed by atoms with van der Waals surface area (Å²) in [6.45, 7) is 6.08. The molecular weight excluding hydrogens is 208 g/mol. The number of aryl methyl sites for hydroxylation is 1. The maximum absolute atomic E-state index is 10.6. The molecule has 0 bridgehead atoms. The summed E-state index contributed by atoms with van der Waals surface area (Å²) in [4.78, 5) is 16.6. The largest absolute Gasteiger partial charge is 0.480 e. The molecule has 0 fully saturated rings. The van der Waals surface area contributed by atoms with Crippen LogP contribution in [-0.4, -0.2) is 43.8 Å². The summed E-state index contributed by atoms with van der Waals surface area (Å²) in [5.41, 5.74) is 0. The molecule has 0 amide bonds. The van der Waals surface area contributed by atoms with Crippen LogP contribution in [0.1, 0.15) is 26.1 Å². The first kappa shape index (κ1) is 12.6. The number of likely N-dealkylation sites (N-methyl/N-ethyl adjacent to an activating group) is 1. The van der Waals surface area contributed by atoms with E-state index in [9.17, 15) is 4.79 Å². The molecule has 6 nitrogen and oxygen atoms in total. The highest BCUT2D eigenvalue weighted by atomic mass is 16.4. The van der Waals surface area contributed by atoms with Gasteiger partial charge in [0.25, 0.3) is 0 Å². The number of aliphatic carboxylic acids is 1. The fraction of sp³-hybridized carbons (Fsp3) is 0.700. The van der Waals surface area contributed by atoms with E-state index < -0.39 is 5.97 Å². The first-order chi connectivity index (χ1) is 7.67. The fourth-order valence-corrected chi connectivity index (χ4v) is 1.48. The van der Waals surface area contributed by atoms with Crippen LogP contribution >= 0.6 is 0 Å². The van der Waals surface area contributed by atoms with Gasteiger partial charge in [-0.3, -0.25) is 9.69 Å². The third-order valence-electron chi connectivity index (χ3n) is 2.30. The number of rotatable bonds is 7. The van der Waals surface area contributed by atoms with Gasteiger partial charge in [0.05, 0.1) is 13.1 Å². The van der Waals surface area contributed by atoms with Crippen molar-refractivity contribution in [3.8, 4) is 0 Å². The summed E-state index contributed by atoms with van der Waals surface area (Å²) in [7, 11) is 0. The molecule has 90 valence electrons. The second kappa shape index (κ2) is 6.22. The van der Waals surface area contributed by atoms with Gasteiger partial charge in [0.2, 0.25) is 0 Å². The number of carbonyl (C=O) groups is 1. The molecular formula is C10H18N4O2. The van der Waals surface area contributed by atoms with Crippen molar-refractivity contribution in [3.63, 3.8) is 0 Å². The van der Waals surface area contributed by atoms with Crippen molar-refractivity contribution in [3.05, 3.63) is 12.2 Å². The summed E-state index contributed by atoms with van der Waals surface area (Å²) < 4.78 is 1.82. The van der Waals surface area contributed by atoms with Crippen molar-refractivity contribution in [2.75, 3.05) is 13.1 Å². The third-order valence-corrected chi connectivity index (χ3v) is 2.30. The summed E-state index contributed by atoms with van der Waals surface area (Å²) in [6, 6.07) is 0. The lowest BCUT2D eigenvalue weighted by molar-refractivity contribution is -0.138. The zero-order valence-corrected chi connectivity index (χ0v) is 9.76. The normalized spacial score (nSPS) is 10.9. The van der Waals surface area contributed by atoms with Gasteiger partial charge in [0.1, 0.15) is 12.2 Å². The van der Waals surface area contributed by atoms with Crippen molar-refractivity contribution in [2.45, 2.75) is 33.4 Å². The molecule has 1 aromatic rings. The van der Waals surface area contributed by atoms with E-state index in [1.54, 1.807) is 0 Å². The Balaban J connectivity index is 2.62. The Morgan fingerprint density at radius 3 is 2.88 bits per heavy atom. The fourth-order valence-electron chi connectivity index (χ4n) is 1.48. The molecule has 0 atom stereocenters. The van der Waals surface area contributed by atoms with Gasteiger partial charge in [-0.05, 0) is 13.0 Å². The van der Waals surface area contributed by atoms with Crippen LogP contribution in [0.5, 0.6) is 0 Å². The van der Waals surface area contributed by atoms with Gasteiger partial charge < -0.3 is 5.11 Å². The van der Waals surface area contributed by atoms with E-state index in [2.05, 4.69) is 17.0 Å². The lowest BCUT2D eigenvalue weighted by Crippen LogP contribution is -2.30. The molecule has 0 saturated carbocycles. The van der Waals surface area contributed by atoms with Gasteiger partial charge in [0, 0.05) is 6.54 Å². The average molecular weight is 226 g/mol. The van der Waals surface area contributed by atoms with Gasteiger partial charge in [0.15, 0.2) is 0 Å². The third kappa shape index (κ3) is 3.62. The molecule has 6 heteroatoms. The molecule has 0 saturated heterocycles. The minimum atomic E-state index is -0.816. The van der Waals surface area contributed by atoms with Crippen molar-refractivity contribution < 1.29 is 9.90 Å². The summed E-state index contributed by atoms with van der Waals surface area (Å²) in [5.74, 6) is 0.00774. The van der Waals surface area contributed by atoms with Crippen LogP contribution in [0, 0.1) is 0 Å². The molecule has 16 heavy (non-hydrogen) atoms. The highest BCUT2D eigenvalue weighted by Gasteiger charge is 2.11. The van der Waals surface area contributed by atoms with Gasteiger partial charge >= 0.3 is 5.97 Å². The monoisotopic (exact) mass is 226 g/mol. The standard InChI is InChI=1S/C10H18N4O2/c1-3-5-14-9(11-8-12-14)6-13(4-2)7-10(15)16/h8H,3-7H2,1-2H3,(H,15,16). The second-order valence-corrected chi connectivity index (χ2v) is 3.60. The van der Waals surface area contributed by atoms with E-state index in [4.69, 9.17) is 5.11 Å². The second-order valence-electron chi connectivity index (χ2n) is 3.60. The molecule has 1 N–H and O–H groups in total. The number of carboxylic acids is 1. The van der Waals surface area contributed by atoms with Gasteiger partial charge in [-0.15, -0.1) is 0 Å². The van der Waals surface area contributed by atoms with Crippen molar-refractivity contribution in [1.82, 2.24) is 19.7 Å². The molecule has 0 aliphatic heterocycles. The summed E-state index contributed by atoms with van der Waals surface area (Å²) in [5, 5.41) is 12.8. The molecule has 0 aliphatic rings. The van der Waals surface area contributed by atoms with Crippen LogP contribution in [0.25, 0.3) is 0 Å². The van der Waals surface area contributed by atoms with Crippen LogP contribution in [0.2, 0.25) is 0 Å². The van der Waals surface area contributed by atoms with E-state index >= 15 is 0 Å². The van der Waals surface area contributed by atoms with Gasteiger partial charge in [-0.2, -0.15) is 5.10 Å². The molecule has 1 heterocycles. The SMILES string of the molecule is CCCn1ncnc1CN(CC)CC(=O)O. The van der Waals surface area contributed by atoms with Gasteiger partial charge in [-0.25, -0.2) is 9.67 Å². The van der Waals surface area contributed by atoms with Crippen LogP contribution < -0.4 is 0 Å². The Hall–Kier alpha value is -1.43. The molecule has 0 aliphatic carbocycles. The predicted molar refractivity (Wildman–Crippen MR) is 58.9 cm³/mol. The molecule has 0 unspecified atom stereocenters. The minimum Gasteiger partial charge on any atom is -0.480 e. The van der Waals surface area contributed by atoms with E-state index in [0.29, 0.717) is 13.1 Å². The maximum atomic E-state index is 10.6. The number of hydrogen-bond donors (Lipinski definition) is 1. The van der Waals surface area contributed by atoms with E-state index in [1.807, 2.05) is 16.5 Å². The van der Waals surface area contributed by atoms with Crippen LogP contribution in [0.3, 0.4) is 0 Å². The minimum absolute atomic E-state index is 0.0372. The first-order valence-corrected chi connectivity index (χ1v) is 5.48. The quantitative estimate of drug-likeness (QED) is 0.737. The topological polar surface area (TPSA) is 71.2 Å². The Morgan fingerprint density at radius 1 is 1.56 bits per heavy atom.